The zero-order chi connectivity index (χ0) is 14.5. The normalized spacial score (nSPS) is 10.6. The van der Waals surface area contributed by atoms with Crippen molar-refractivity contribution >= 4 is 28.4 Å². The first-order valence-corrected chi connectivity index (χ1v) is 6.48. The van der Waals surface area contributed by atoms with Gasteiger partial charge in [0, 0.05) is 5.54 Å². The first-order valence-electron chi connectivity index (χ1n) is 5.67. The highest BCUT2D eigenvalue weighted by Crippen LogP contribution is 2.23. The van der Waals surface area contributed by atoms with Crippen LogP contribution < -0.4 is 16.4 Å². The first-order chi connectivity index (χ1) is 8.81. The minimum Gasteiger partial charge on any atom is -0.448 e. The van der Waals surface area contributed by atoms with E-state index >= 15 is 0 Å². The van der Waals surface area contributed by atoms with Gasteiger partial charge in [-0.15, -0.1) is 0 Å². The summed E-state index contributed by atoms with van der Waals surface area (Å²) in [7, 11) is 0. The Bertz CT molecular complexity index is 486. The lowest BCUT2D eigenvalue weighted by molar-refractivity contribution is 0.142. The summed E-state index contributed by atoms with van der Waals surface area (Å²) in [6.07, 6.45) is -0.467. The number of anilines is 2. The molecule has 0 atom stereocenters. The minimum atomic E-state index is -0.467. The van der Waals surface area contributed by atoms with E-state index in [9.17, 15) is 4.79 Å². The van der Waals surface area contributed by atoms with Gasteiger partial charge in [-0.3, -0.25) is 0 Å². The zero-order valence-electron chi connectivity index (χ0n) is 11.1. The molecule has 0 fully saturated rings. The molecule has 1 aromatic rings. The Morgan fingerprint density at radius 1 is 1.58 bits per heavy atom. The maximum absolute atomic E-state index is 11.3. The van der Waals surface area contributed by atoms with E-state index < -0.39 is 6.09 Å². The molecule has 0 aliphatic carbocycles. The Kier molecular flexibility index (Phi) is 4.94. The van der Waals surface area contributed by atoms with Crippen LogP contribution >= 0.6 is 11.3 Å². The summed E-state index contributed by atoms with van der Waals surface area (Å²) in [6.45, 7) is 6.20. The van der Waals surface area contributed by atoms with Crippen molar-refractivity contribution in [1.29, 1.82) is 5.26 Å². The molecule has 0 saturated heterocycles. The maximum atomic E-state index is 11.3. The Balaban J connectivity index is 2.28. The third-order valence-corrected chi connectivity index (χ3v) is 2.78. The van der Waals surface area contributed by atoms with E-state index in [2.05, 4.69) is 15.6 Å². The second-order valence-corrected chi connectivity index (χ2v) is 5.78. The van der Waals surface area contributed by atoms with E-state index in [1.54, 1.807) is 0 Å². The lowest BCUT2D eigenvalue weighted by Crippen LogP contribution is -2.41. The molecule has 1 heterocycles. The molecule has 1 aromatic heterocycles. The van der Waals surface area contributed by atoms with E-state index in [0.29, 0.717) is 16.6 Å². The number of nitrogen functional groups attached to an aromatic ring is 1. The van der Waals surface area contributed by atoms with Crippen LogP contribution in [0.3, 0.4) is 0 Å². The quantitative estimate of drug-likeness (QED) is 0.722. The number of hydrogen-bond donors (Lipinski definition) is 3. The van der Waals surface area contributed by atoms with Crippen molar-refractivity contribution in [3.05, 3.63) is 4.88 Å². The standard InChI is InChI=1S/C11H17N5O2S/c1-11(2,3)16-10(17)18-5-4-14-9-15-8(13)7(6-12)19-9/h4-5,13H2,1-3H3,(H,14,15)(H,16,17). The molecule has 1 amide bonds. The predicted octanol–water partition coefficient (Wildman–Crippen LogP) is 1.53. The van der Waals surface area contributed by atoms with Crippen LogP contribution in [0, 0.1) is 11.3 Å². The fourth-order valence-electron chi connectivity index (χ4n) is 1.13. The second-order valence-electron chi connectivity index (χ2n) is 4.78. The van der Waals surface area contributed by atoms with E-state index in [-0.39, 0.29) is 18.0 Å². The number of amides is 1. The number of rotatable bonds is 4. The van der Waals surface area contributed by atoms with Crippen LogP contribution in [0.2, 0.25) is 0 Å². The maximum Gasteiger partial charge on any atom is 0.407 e. The monoisotopic (exact) mass is 283 g/mol. The highest BCUT2D eigenvalue weighted by molar-refractivity contribution is 7.16. The van der Waals surface area contributed by atoms with E-state index in [1.807, 2.05) is 26.8 Å². The van der Waals surface area contributed by atoms with Crippen LogP contribution in [-0.4, -0.2) is 29.8 Å². The summed E-state index contributed by atoms with van der Waals surface area (Å²) in [6, 6.07) is 1.95. The largest absolute Gasteiger partial charge is 0.448 e. The molecule has 0 aliphatic heterocycles. The van der Waals surface area contributed by atoms with Gasteiger partial charge in [0.2, 0.25) is 0 Å². The van der Waals surface area contributed by atoms with Gasteiger partial charge in [-0.25, -0.2) is 9.78 Å². The number of hydrogen-bond acceptors (Lipinski definition) is 7. The van der Waals surface area contributed by atoms with Crippen molar-refractivity contribution in [1.82, 2.24) is 10.3 Å². The topological polar surface area (TPSA) is 113 Å². The Labute approximate surface area is 115 Å². The van der Waals surface area contributed by atoms with Crippen LogP contribution in [-0.2, 0) is 4.74 Å². The van der Waals surface area contributed by atoms with Crippen LogP contribution in [0.25, 0.3) is 0 Å². The molecule has 0 saturated carbocycles. The van der Waals surface area contributed by atoms with Crippen molar-refractivity contribution in [2.24, 2.45) is 0 Å². The summed E-state index contributed by atoms with van der Waals surface area (Å²) in [5.41, 5.74) is 5.19. The molecule has 7 nitrogen and oxygen atoms in total. The number of alkyl carbamates (subject to hydrolysis) is 1. The average Bonchev–Trinajstić information content (AvgIpc) is 2.63. The minimum absolute atomic E-state index is 0.198. The summed E-state index contributed by atoms with van der Waals surface area (Å²) < 4.78 is 4.97. The van der Waals surface area contributed by atoms with E-state index in [4.69, 9.17) is 15.7 Å². The number of ether oxygens (including phenoxy) is 1. The number of nitrogens with zero attached hydrogens (tertiary/aromatic N) is 2. The van der Waals surface area contributed by atoms with E-state index in [1.165, 1.54) is 0 Å². The van der Waals surface area contributed by atoms with Gasteiger partial charge < -0.3 is 21.1 Å². The molecular weight excluding hydrogens is 266 g/mol. The molecule has 0 unspecified atom stereocenters. The number of nitrogens with one attached hydrogen (secondary N) is 2. The van der Waals surface area contributed by atoms with Gasteiger partial charge in [0.1, 0.15) is 17.6 Å². The van der Waals surface area contributed by atoms with Crippen LogP contribution in [0.1, 0.15) is 25.6 Å². The fourth-order valence-corrected chi connectivity index (χ4v) is 1.84. The molecule has 0 radical (unpaired) electrons. The molecule has 0 aromatic carbocycles. The zero-order valence-corrected chi connectivity index (χ0v) is 11.9. The van der Waals surface area contributed by atoms with Gasteiger partial charge in [0.15, 0.2) is 10.9 Å². The van der Waals surface area contributed by atoms with Gasteiger partial charge in [0.05, 0.1) is 6.54 Å². The lowest BCUT2D eigenvalue weighted by Gasteiger charge is -2.19. The Hall–Kier alpha value is -2.01. The Morgan fingerprint density at radius 3 is 2.79 bits per heavy atom. The van der Waals surface area contributed by atoms with Gasteiger partial charge in [-0.2, -0.15) is 5.26 Å². The summed E-state index contributed by atoms with van der Waals surface area (Å²) in [5, 5.41) is 14.9. The molecule has 1 rings (SSSR count). The molecule has 19 heavy (non-hydrogen) atoms. The highest BCUT2D eigenvalue weighted by atomic mass is 32.1. The van der Waals surface area contributed by atoms with Crippen molar-refractivity contribution < 1.29 is 9.53 Å². The summed E-state index contributed by atoms with van der Waals surface area (Å²) in [5.74, 6) is 0.210. The van der Waals surface area contributed by atoms with Crippen molar-refractivity contribution in [3.63, 3.8) is 0 Å². The predicted molar refractivity (Wildman–Crippen MR) is 74.0 cm³/mol. The summed E-state index contributed by atoms with van der Waals surface area (Å²) >= 11 is 1.16. The molecule has 4 N–H and O–H groups in total. The third-order valence-electron chi connectivity index (χ3n) is 1.84. The Morgan fingerprint density at radius 2 is 2.26 bits per heavy atom. The van der Waals surface area contributed by atoms with E-state index in [0.717, 1.165) is 11.3 Å². The molecule has 104 valence electrons. The van der Waals surface area contributed by atoms with Crippen molar-refractivity contribution in [2.45, 2.75) is 26.3 Å². The average molecular weight is 283 g/mol. The number of thiazole rings is 1. The summed E-state index contributed by atoms with van der Waals surface area (Å²) in [4.78, 5) is 15.7. The number of carbonyl (C=O) groups excluding carboxylic acids is 1. The van der Waals surface area contributed by atoms with Crippen LogP contribution in [0.5, 0.6) is 0 Å². The molecule has 8 heteroatoms. The molecular formula is C11H17N5O2S. The number of aromatic nitrogens is 1. The SMILES string of the molecule is CC(C)(C)NC(=O)OCCNc1nc(N)c(C#N)s1. The van der Waals surface area contributed by atoms with Gasteiger partial charge in [0.25, 0.3) is 0 Å². The highest BCUT2D eigenvalue weighted by Gasteiger charge is 2.14. The molecule has 0 aliphatic rings. The van der Waals surface area contributed by atoms with Gasteiger partial charge >= 0.3 is 6.09 Å². The first kappa shape index (κ1) is 15.0. The number of carbonyl (C=O) groups is 1. The molecule has 0 bridgehead atoms. The van der Waals surface area contributed by atoms with Crippen molar-refractivity contribution in [3.8, 4) is 6.07 Å². The number of nitriles is 1. The lowest BCUT2D eigenvalue weighted by atomic mass is 10.1. The third kappa shape index (κ3) is 5.44. The van der Waals surface area contributed by atoms with Crippen LogP contribution in [0.15, 0.2) is 0 Å². The second kappa shape index (κ2) is 6.24. The molecule has 0 spiro atoms. The number of nitrogens with two attached hydrogens (primary N) is 1. The fraction of sp³-hybridized carbons (Fsp3) is 0.545. The van der Waals surface area contributed by atoms with Gasteiger partial charge in [-0.1, -0.05) is 11.3 Å². The van der Waals surface area contributed by atoms with Crippen molar-refractivity contribution in [2.75, 3.05) is 24.2 Å². The smallest absolute Gasteiger partial charge is 0.407 e. The van der Waals surface area contributed by atoms with Gasteiger partial charge in [-0.05, 0) is 20.8 Å². The van der Waals surface area contributed by atoms with Crippen LogP contribution in [0.4, 0.5) is 15.7 Å².